The molecule has 0 fully saturated rings. The third kappa shape index (κ3) is 3.58. The molecule has 0 amide bonds. The summed E-state index contributed by atoms with van der Waals surface area (Å²) in [5.41, 5.74) is 3.98. The van der Waals surface area contributed by atoms with E-state index in [-0.39, 0.29) is 0 Å². The van der Waals surface area contributed by atoms with Gasteiger partial charge in [0.1, 0.15) is 5.82 Å². The Morgan fingerprint density at radius 3 is 2.33 bits per heavy atom. The van der Waals surface area contributed by atoms with E-state index in [0.29, 0.717) is 26.6 Å². The largest absolute Gasteiger partial charge is 0.336 e. The highest BCUT2D eigenvalue weighted by Crippen LogP contribution is 2.37. The average Bonchev–Trinajstić information content (AvgIpc) is 3.13. The molecule has 0 aliphatic rings. The number of nitrogens with zero attached hydrogens (tertiary/aromatic N) is 3. The lowest BCUT2D eigenvalue weighted by Gasteiger charge is -2.03. The number of aromatic nitrogens is 4. The van der Waals surface area contributed by atoms with Crippen LogP contribution < -0.4 is 0 Å². The summed E-state index contributed by atoms with van der Waals surface area (Å²) in [6.45, 7) is 0. The highest BCUT2D eigenvalue weighted by Gasteiger charge is 2.19. The predicted molar refractivity (Wildman–Crippen MR) is 112 cm³/mol. The maximum Gasteiger partial charge on any atom is 0.187 e. The molecule has 0 saturated heterocycles. The zero-order valence-electron chi connectivity index (χ0n) is 14.3. The molecule has 134 valence electrons. The number of hydrogen-bond donors (Lipinski definition) is 1. The first-order valence-corrected chi connectivity index (χ1v) is 10.1. The summed E-state index contributed by atoms with van der Waals surface area (Å²) in [7, 11) is 0. The van der Waals surface area contributed by atoms with E-state index in [2.05, 4.69) is 15.0 Å². The first kappa shape index (κ1) is 18.0. The highest BCUT2D eigenvalue weighted by atomic mass is 35.5. The summed E-state index contributed by atoms with van der Waals surface area (Å²) in [5, 5.41) is 1.77. The fourth-order valence-electron chi connectivity index (χ4n) is 2.78. The van der Waals surface area contributed by atoms with Crippen LogP contribution in [-0.4, -0.2) is 26.2 Å². The van der Waals surface area contributed by atoms with Crippen molar-refractivity contribution in [2.45, 2.75) is 5.16 Å². The Kier molecular flexibility index (Phi) is 5.16. The first-order chi connectivity index (χ1) is 13.2. The second kappa shape index (κ2) is 7.72. The summed E-state index contributed by atoms with van der Waals surface area (Å²) < 4.78 is 0. The molecular weight excluding hydrogens is 399 g/mol. The maximum atomic E-state index is 6.39. The van der Waals surface area contributed by atoms with E-state index in [1.807, 2.05) is 48.7 Å². The Morgan fingerprint density at radius 1 is 0.889 bits per heavy atom. The summed E-state index contributed by atoms with van der Waals surface area (Å²) in [5.74, 6) is 0.601. The predicted octanol–water partition coefficient (Wildman–Crippen LogP) is 6.23. The summed E-state index contributed by atoms with van der Waals surface area (Å²) in [4.78, 5) is 17.0. The van der Waals surface area contributed by atoms with E-state index in [4.69, 9.17) is 28.2 Å². The van der Waals surface area contributed by atoms with Gasteiger partial charge in [0, 0.05) is 11.8 Å². The third-order valence-electron chi connectivity index (χ3n) is 4.02. The Bertz CT molecular complexity index is 1080. The Morgan fingerprint density at radius 2 is 1.63 bits per heavy atom. The monoisotopic (exact) mass is 412 g/mol. The normalized spacial score (nSPS) is 10.9. The van der Waals surface area contributed by atoms with E-state index in [9.17, 15) is 0 Å². The topological polar surface area (TPSA) is 54.5 Å². The fourth-order valence-corrected chi connectivity index (χ4v) is 3.72. The number of thioether (sulfide) groups is 1. The Hall–Kier alpha value is -2.34. The van der Waals surface area contributed by atoms with Crippen molar-refractivity contribution in [3.8, 4) is 34.0 Å². The summed E-state index contributed by atoms with van der Waals surface area (Å²) >= 11 is 14.3. The van der Waals surface area contributed by atoms with Gasteiger partial charge in [0.15, 0.2) is 5.16 Å². The summed E-state index contributed by atoms with van der Waals surface area (Å²) in [6.07, 6.45) is 3.69. The van der Waals surface area contributed by atoms with Crippen LogP contribution in [0.25, 0.3) is 34.0 Å². The number of rotatable bonds is 4. The highest BCUT2D eigenvalue weighted by molar-refractivity contribution is 7.98. The van der Waals surface area contributed by atoms with Crippen LogP contribution in [0.3, 0.4) is 0 Å². The van der Waals surface area contributed by atoms with Gasteiger partial charge in [-0.1, -0.05) is 71.4 Å². The van der Waals surface area contributed by atoms with Crippen LogP contribution in [0.1, 0.15) is 0 Å². The van der Waals surface area contributed by atoms with Crippen molar-refractivity contribution in [1.82, 2.24) is 19.9 Å². The number of imidazole rings is 1. The molecule has 0 unspecified atom stereocenters. The van der Waals surface area contributed by atoms with Crippen LogP contribution in [0.5, 0.6) is 0 Å². The van der Waals surface area contributed by atoms with Crippen molar-refractivity contribution in [3.63, 3.8) is 0 Å². The van der Waals surface area contributed by atoms with Crippen LogP contribution in [-0.2, 0) is 0 Å². The Balaban J connectivity index is 1.95. The molecule has 0 aliphatic heterocycles. The molecule has 0 atom stereocenters. The van der Waals surface area contributed by atoms with Crippen molar-refractivity contribution >= 4 is 35.0 Å². The fraction of sp³-hybridized carbons (Fsp3) is 0.0500. The molecular formula is C20H14Cl2N4S. The van der Waals surface area contributed by atoms with Crippen molar-refractivity contribution in [1.29, 1.82) is 0 Å². The van der Waals surface area contributed by atoms with Crippen LogP contribution in [0.4, 0.5) is 0 Å². The average molecular weight is 413 g/mol. The molecule has 2 heterocycles. The van der Waals surface area contributed by atoms with E-state index in [0.717, 1.165) is 22.6 Å². The zero-order valence-corrected chi connectivity index (χ0v) is 16.6. The van der Waals surface area contributed by atoms with Crippen molar-refractivity contribution in [2.75, 3.05) is 6.26 Å². The molecule has 4 rings (SSSR count). The molecule has 0 bridgehead atoms. The Labute approximate surface area is 171 Å². The zero-order chi connectivity index (χ0) is 18.8. The van der Waals surface area contributed by atoms with Gasteiger partial charge < -0.3 is 4.98 Å². The molecule has 2 aromatic heterocycles. The van der Waals surface area contributed by atoms with Crippen LogP contribution in [0, 0.1) is 0 Å². The van der Waals surface area contributed by atoms with Gasteiger partial charge in [0.2, 0.25) is 0 Å². The minimum absolute atomic E-state index is 0.537. The van der Waals surface area contributed by atoms with Crippen LogP contribution in [0.2, 0.25) is 10.0 Å². The molecule has 0 radical (unpaired) electrons. The minimum atomic E-state index is 0.537. The molecule has 4 aromatic rings. The van der Waals surface area contributed by atoms with Crippen molar-refractivity contribution < 1.29 is 0 Å². The maximum absolute atomic E-state index is 6.39. The lowest BCUT2D eigenvalue weighted by molar-refractivity contribution is 0.973. The molecule has 27 heavy (non-hydrogen) atoms. The van der Waals surface area contributed by atoms with Crippen molar-refractivity contribution in [3.05, 3.63) is 70.8 Å². The van der Waals surface area contributed by atoms with E-state index >= 15 is 0 Å². The SMILES string of the molecule is CSc1nccc(-c2[nH]c(-c3c(Cl)cccc3Cl)nc2-c2ccccc2)n1. The number of benzene rings is 2. The molecule has 2 aromatic carbocycles. The number of H-pyrrole nitrogens is 1. The van der Waals surface area contributed by atoms with Gasteiger partial charge in [-0.15, -0.1) is 0 Å². The summed E-state index contributed by atoms with van der Waals surface area (Å²) in [6, 6.07) is 17.2. The van der Waals surface area contributed by atoms with Gasteiger partial charge in [-0.05, 0) is 24.5 Å². The van der Waals surface area contributed by atoms with E-state index < -0.39 is 0 Å². The molecule has 0 spiro atoms. The standard InChI is InChI=1S/C20H14Cl2N4S/c1-27-20-23-11-10-15(24-20)18-17(12-6-3-2-4-7-12)25-19(26-18)16-13(21)8-5-9-14(16)22/h2-11H,1H3,(H,25,26). The van der Waals surface area contributed by atoms with Crippen LogP contribution in [0.15, 0.2) is 66.0 Å². The minimum Gasteiger partial charge on any atom is -0.336 e. The van der Waals surface area contributed by atoms with Crippen molar-refractivity contribution in [2.24, 2.45) is 0 Å². The molecule has 1 N–H and O–H groups in total. The van der Waals surface area contributed by atoms with E-state index in [1.165, 1.54) is 11.8 Å². The smallest absolute Gasteiger partial charge is 0.187 e. The molecule has 4 nitrogen and oxygen atoms in total. The van der Waals surface area contributed by atoms with Gasteiger partial charge in [-0.25, -0.2) is 15.0 Å². The molecule has 0 aliphatic carbocycles. The number of nitrogens with one attached hydrogen (secondary N) is 1. The third-order valence-corrected chi connectivity index (χ3v) is 5.21. The number of halogens is 2. The molecule has 7 heteroatoms. The molecule has 0 saturated carbocycles. The van der Waals surface area contributed by atoms with E-state index in [1.54, 1.807) is 18.3 Å². The van der Waals surface area contributed by atoms with Crippen LogP contribution >= 0.6 is 35.0 Å². The van der Waals surface area contributed by atoms with Gasteiger partial charge in [-0.3, -0.25) is 0 Å². The second-order valence-corrected chi connectivity index (χ2v) is 7.29. The van der Waals surface area contributed by atoms with Gasteiger partial charge in [0.05, 0.1) is 32.7 Å². The lowest BCUT2D eigenvalue weighted by atomic mass is 10.1. The first-order valence-electron chi connectivity index (χ1n) is 8.14. The lowest BCUT2D eigenvalue weighted by Crippen LogP contribution is -1.91. The van der Waals surface area contributed by atoms with Gasteiger partial charge >= 0.3 is 0 Å². The van der Waals surface area contributed by atoms with Gasteiger partial charge in [-0.2, -0.15) is 0 Å². The quantitative estimate of drug-likeness (QED) is 0.318. The number of aromatic amines is 1. The number of hydrogen-bond acceptors (Lipinski definition) is 4. The second-order valence-electron chi connectivity index (χ2n) is 5.70. The van der Waals surface area contributed by atoms with Gasteiger partial charge in [0.25, 0.3) is 0 Å².